The van der Waals surface area contributed by atoms with Crippen LogP contribution in [0.3, 0.4) is 0 Å². The molecular formula is C10H11NO2. The zero-order valence-electron chi connectivity index (χ0n) is 7.14. The molecular weight excluding hydrogens is 166 g/mol. The van der Waals surface area contributed by atoms with E-state index in [0.717, 1.165) is 0 Å². The molecule has 68 valence electrons. The Hall–Kier alpha value is -1.37. The second kappa shape index (κ2) is 4.04. The third kappa shape index (κ3) is 2.05. The summed E-state index contributed by atoms with van der Waals surface area (Å²) in [5, 5.41) is 27.3. The highest BCUT2D eigenvalue weighted by Gasteiger charge is 2.27. The molecule has 2 N–H and O–H groups in total. The number of hydrogen-bond acceptors (Lipinski definition) is 3. The van der Waals surface area contributed by atoms with Crippen molar-refractivity contribution in [2.24, 2.45) is 0 Å². The standard InChI is InChI=1S/C10H11NO2/c11-7-6-10(13,8-12)9-4-2-1-3-5-9/h1-5,12-13H,6,8H2. The summed E-state index contributed by atoms with van der Waals surface area (Å²) < 4.78 is 0. The van der Waals surface area contributed by atoms with Crippen LogP contribution in [0, 0.1) is 11.3 Å². The molecule has 0 aliphatic carbocycles. The molecule has 0 amide bonds. The van der Waals surface area contributed by atoms with Gasteiger partial charge in [0.25, 0.3) is 0 Å². The SMILES string of the molecule is N#CCC(O)(CO)c1ccccc1. The summed E-state index contributed by atoms with van der Waals surface area (Å²) in [5.74, 6) is 0. The summed E-state index contributed by atoms with van der Waals surface area (Å²) >= 11 is 0. The number of benzene rings is 1. The average molecular weight is 177 g/mol. The van der Waals surface area contributed by atoms with E-state index >= 15 is 0 Å². The fourth-order valence-corrected chi connectivity index (χ4v) is 1.13. The summed E-state index contributed by atoms with van der Waals surface area (Å²) in [6, 6.07) is 10.6. The number of rotatable bonds is 3. The third-order valence-corrected chi connectivity index (χ3v) is 1.94. The molecule has 0 saturated heterocycles. The van der Waals surface area contributed by atoms with E-state index < -0.39 is 12.2 Å². The van der Waals surface area contributed by atoms with Gasteiger partial charge in [-0.1, -0.05) is 30.3 Å². The fourth-order valence-electron chi connectivity index (χ4n) is 1.13. The van der Waals surface area contributed by atoms with Gasteiger partial charge in [0.15, 0.2) is 0 Å². The van der Waals surface area contributed by atoms with Crippen LogP contribution in [0.4, 0.5) is 0 Å². The molecule has 0 aromatic heterocycles. The smallest absolute Gasteiger partial charge is 0.125 e. The van der Waals surface area contributed by atoms with Crippen molar-refractivity contribution in [2.45, 2.75) is 12.0 Å². The Labute approximate surface area is 76.9 Å². The topological polar surface area (TPSA) is 64.2 Å². The highest BCUT2D eigenvalue weighted by atomic mass is 16.3. The second-order valence-corrected chi connectivity index (χ2v) is 2.89. The van der Waals surface area contributed by atoms with Crippen molar-refractivity contribution in [2.75, 3.05) is 6.61 Å². The van der Waals surface area contributed by atoms with E-state index in [4.69, 9.17) is 10.4 Å². The van der Waals surface area contributed by atoms with Crippen LogP contribution in [0.2, 0.25) is 0 Å². The van der Waals surface area contributed by atoms with Crippen LogP contribution < -0.4 is 0 Å². The molecule has 3 nitrogen and oxygen atoms in total. The maximum Gasteiger partial charge on any atom is 0.125 e. The first kappa shape index (κ1) is 9.72. The molecule has 0 radical (unpaired) electrons. The van der Waals surface area contributed by atoms with Crippen molar-refractivity contribution in [3.8, 4) is 6.07 Å². The van der Waals surface area contributed by atoms with E-state index in [2.05, 4.69) is 0 Å². The van der Waals surface area contributed by atoms with Crippen LogP contribution in [0.15, 0.2) is 30.3 Å². The quantitative estimate of drug-likeness (QED) is 0.717. The van der Waals surface area contributed by atoms with Gasteiger partial charge in [-0.15, -0.1) is 0 Å². The van der Waals surface area contributed by atoms with Crippen LogP contribution in [0.1, 0.15) is 12.0 Å². The molecule has 0 aliphatic heterocycles. The molecule has 0 bridgehead atoms. The number of hydrogen-bond donors (Lipinski definition) is 2. The molecule has 3 heteroatoms. The molecule has 1 atom stereocenters. The maximum atomic E-state index is 9.82. The molecule has 13 heavy (non-hydrogen) atoms. The van der Waals surface area contributed by atoms with E-state index in [1.165, 1.54) is 0 Å². The predicted octanol–water partition coefficient (Wildman–Crippen LogP) is 0.780. The van der Waals surface area contributed by atoms with E-state index in [1.54, 1.807) is 24.3 Å². The van der Waals surface area contributed by atoms with Gasteiger partial charge in [-0.2, -0.15) is 5.26 Å². The Bertz CT molecular complexity index is 304. The Morgan fingerprint density at radius 3 is 2.38 bits per heavy atom. The highest BCUT2D eigenvalue weighted by molar-refractivity contribution is 5.23. The largest absolute Gasteiger partial charge is 0.393 e. The number of aliphatic hydroxyl groups excluding tert-OH is 1. The van der Waals surface area contributed by atoms with Crippen molar-refractivity contribution in [1.29, 1.82) is 5.26 Å². The fraction of sp³-hybridized carbons (Fsp3) is 0.300. The summed E-state index contributed by atoms with van der Waals surface area (Å²) in [6.45, 7) is -0.440. The number of aliphatic hydroxyl groups is 2. The first-order valence-corrected chi connectivity index (χ1v) is 3.98. The minimum atomic E-state index is -1.42. The van der Waals surface area contributed by atoms with Gasteiger partial charge in [-0.25, -0.2) is 0 Å². The molecule has 0 saturated carbocycles. The maximum absolute atomic E-state index is 9.82. The summed E-state index contributed by atoms with van der Waals surface area (Å²) in [5.41, 5.74) is -0.852. The number of nitrogens with zero attached hydrogens (tertiary/aromatic N) is 1. The zero-order chi connectivity index (χ0) is 9.73. The van der Waals surface area contributed by atoms with E-state index in [0.29, 0.717) is 5.56 Å². The van der Waals surface area contributed by atoms with Gasteiger partial charge in [0.2, 0.25) is 0 Å². The molecule has 1 rings (SSSR count). The lowest BCUT2D eigenvalue weighted by Gasteiger charge is -2.22. The molecule has 0 heterocycles. The Kier molecular flexibility index (Phi) is 3.02. The first-order valence-electron chi connectivity index (χ1n) is 3.98. The van der Waals surface area contributed by atoms with Gasteiger partial charge in [0.05, 0.1) is 19.1 Å². The van der Waals surface area contributed by atoms with Gasteiger partial charge in [-0.05, 0) is 5.56 Å². The van der Waals surface area contributed by atoms with Crippen molar-refractivity contribution in [3.05, 3.63) is 35.9 Å². The molecule has 1 unspecified atom stereocenters. The normalized spacial score (nSPS) is 14.5. The van der Waals surface area contributed by atoms with Crippen LogP contribution >= 0.6 is 0 Å². The van der Waals surface area contributed by atoms with Gasteiger partial charge >= 0.3 is 0 Å². The number of nitriles is 1. The third-order valence-electron chi connectivity index (χ3n) is 1.94. The Balaban J connectivity index is 2.97. The van der Waals surface area contributed by atoms with Gasteiger partial charge < -0.3 is 10.2 Å². The van der Waals surface area contributed by atoms with E-state index in [1.807, 2.05) is 12.1 Å². The highest BCUT2D eigenvalue weighted by Crippen LogP contribution is 2.23. The first-order chi connectivity index (χ1) is 6.23. The van der Waals surface area contributed by atoms with Gasteiger partial charge in [0, 0.05) is 0 Å². The second-order valence-electron chi connectivity index (χ2n) is 2.89. The summed E-state index contributed by atoms with van der Waals surface area (Å²) in [4.78, 5) is 0. The van der Waals surface area contributed by atoms with E-state index in [-0.39, 0.29) is 6.42 Å². The lowest BCUT2D eigenvalue weighted by molar-refractivity contribution is -0.0150. The minimum absolute atomic E-state index is 0.104. The molecule has 0 fully saturated rings. The van der Waals surface area contributed by atoms with Gasteiger partial charge in [-0.3, -0.25) is 0 Å². The van der Waals surface area contributed by atoms with Crippen molar-refractivity contribution in [3.63, 3.8) is 0 Å². The van der Waals surface area contributed by atoms with Crippen molar-refractivity contribution in [1.82, 2.24) is 0 Å². The minimum Gasteiger partial charge on any atom is -0.393 e. The average Bonchev–Trinajstić information content (AvgIpc) is 2.19. The predicted molar refractivity (Wildman–Crippen MR) is 47.7 cm³/mol. The van der Waals surface area contributed by atoms with Crippen molar-refractivity contribution >= 4 is 0 Å². The lowest BCUT2D eigenvalue weighted by Crippen LogP contribution is -2.29. The van der Waals surface area contributed by atoms with Crippen LogP contribution in [0.25, 0.3) is 0 Å². The lowest BCUT2D eigenvalue weighted by atomic mass is 9.92. The zero-order valence-corrected chi connectivity index (χ0v) is 7.14. The van der Waals surface area contributed by atoms with Gasteiger partial charge in [0.1, 0.15) is 5.60 Å². The van der Waals surface area contributed by atoms with Crippen LogP contribution in [-0.2, 0) is 5.60 Å². The monoisotopic (exact) mass is 177 g/mol. The molecule has 1 aromatic rings. The van der Waals surface area contributed by atoms with E-state index in [9.17, 15) is 5.11 Å². The molecule has 0 spiro atoms. The molecule has 0 aliphatic rings. The summed E-state index contributed by atoms with van der Waals surface area (Å²) in [6.07, 6.45) is -0.104. The summed E-state index contributed by atoms with van der Waals surface area (Å²) in [7, 11) is 0. The Morgan fingerprint density at radius 1 is 1.31 bits per heavy atom. The van der Waals surface area contributed by atoms with Crippen molar-refractivity contribution < 1.29 is 10.2 Å². The molecule has 1 aromatic carbocycles. The Morgan fingerprint density at radius 2 is 1.92 bits per heavy atom. The van der Waals surface area contributed by atoms with Crippen LogP contribution in [-0.4, -0.2) is 16.8 Å². The van der Waals surface area contributed by atoms with Crippen LogP contribution in [0.5, 0.6) is 0 Å².